The van der Waals surface area contributed by atoms with Crippen molar-refractivity contribution in [3.05, 3.63) is 30.3 Å². The highest BCUT2D eigenvalue weighted by Crippen LogP contribution is 2.39. The number of nitrogens with zero attached hydrogens (tertiary/aromatic N) is 1. The zero-order chi connectivity index (χ0) is 12.9. The SMILES string of the molecule is CCC(SC)(SC)C(=O)N(C)c1ccccc1. The van der Waals surface area contributed by atoms with Crippen LogP contribution in [0.5, 0.6) is 0 Å². The lowest BCUT2D eigenvalue weighted by Crippen LogP contribution is -2.42. The number of hydrogen-bond donors (Lipinski definition) is 0. The highest BCUT2D eigenvalue weighted by Gasteiger charge is 2.37. The molecule has 2 nitrogen and oxygen atoms in total. The van der Waals surface area contributed by atoms with Crippen LogP contribution < -0.4 is 4.90 Å². The normalized spacial score (nSPS) is 11.3. The van der Waals surface area contributed by atoms with Crippen molar-refractivity contribution in [2.45, 2.75) is 17.4 Å². The molecule has 0 aliphatic heterocycles. The first-order valence-electron chi connectivity index (χ1n) is 5.54. The van der Waals surface area contributed by atoms with Crippen molar-refractivity contribution in [1.82, 2.24) is 0 Å². The topological polar surface area (TPSA) is 20.3 Å². The molecule has 0 saturated carbocycles. The van der Waals surface area contributed by atoms with E-state index in [1.165, 1.54) is 0 Å². The standard InChI is InChI=1S/C13H19NOS2/c1-5-13(16-3,17-4)12(15)14(2)11-9-7-6-8-10-11/h6-10H,5H2,1-4H3. The second kappa shape index (κ2) is 6.36. The van der Waals surface area contributed by atoms with Crippen LogP contribution in [0.25, 0.3) is 0 Å². The van der Waals surface area contributed by atoms with Crippen LogP contribution in [-0.2, 0) is 4.79 Å². The largest absolute Gasteiger partial charge is 0.314 e. The van der Waals surface area contributed by atoms with Gasteiger partial charge < -0.3 is 4.90 Å². The molecule has 0 N–H and O–H groups in total. The predicted octanol–water partition coefficient (Wildman–Crippen LogP) is 3.48. The van der Waals surface area contributed by atoms with Gasteiger partial charge in [0.1, 0.15) is 4.08 Å². The minimum atomic E-state index is -0.370. The van der Waals surface area contributed by atoms with Crippen molar-refractivity contribution in [3.63, 3.8) is 0 Å². The summed E-state index contributed by atoms with van der Waals surface area (Å²) >= 11 is 3.24. The molecule has 0 saturated heterocycles. The van der Waals surface area contributed by atoms with E-state index >= 15 is 0 Å². The summed E-state index contributed by atoms with van der Waals surface area (Å²) in [6.45, 7) is 2.06. The summed E-state index contributed by atoms with van der Waals surface area (Å²) in [7, 11) is 1.84. The molecule has 1 amide bonds. The summed E-state index contributed by atoms with van der Waals surface area (Å²) in [5, 5.41) is 0. The van der Waals surface area contributed by atoms with E-state index in [0.29, 0.717) is 0 Å². The summed E-state index contributed by atoms with van der Waals surface area (Å²) in [6.07, 6.45) is 4.82. The van der Waals surface area contributed by atoms with E-state index in [1.54, 1.807) is 28.4 Å². The Kier molecular flexibility index (Phi) is 5.40. The van der Waals surface area contributed by atoms with Crippen LogP contribution in [0.3, 0.4) is 0 Å². The van der Waals surface area contributed by atoms with Crippen LogP contribution in [0.2, 0.25) is 0 Å². The Labute approximate surface area is 112 Å². The van der Waals surface area contributed by atoms with E-state index < -0.39 is 0 Å². The first kappa shape index (κ1) is 14.5. The van der Waals surface area contributed by atoms with Crippen molar-refractivity contribution in [2.75, 3.05) is 24.5 Å². The summed E-state index contributed by atoms with van der Waals surface area (Å²) in [4.78, 5) is 14.3. The lowest BCUT2D eigenvalue weighted by atomic mass is 10.2. The lowest BCUT2D eigenvalue weighted by molar-refractivity contribution is -0.118. The Balaban J connectivity index is 2.96. The van der Waals surface area contributed by atoms with Gasteiger partial charge in [-0.05, 0) is 31.1 Å². The first-order chi connectivity index (χ1) is 8.11. The lowest BCUT2D eigenvalue weighted by Gasteiger charge is -2.32. The van der Waals surface area contributed by atoms with Gasteiger partial charge in [0.15, 0.2) is 0 Å². The first-order valence-corrected chi connectivity index (χ1v) is 7.99. The third-order valence-corrected chi connectivity index (χ3v) is 6.14. The third-order valence-electron chi connectivity index (χ3n) is 2.90. The van der Waals surface area contributed by atoms with Gasteiger partial charge in [-0.25, -0.2) is 0 Å². The third kappa shape index (κ3) is 2.99. The summed E-state index contributed by atoms with van der Waals surface area (Å²) in [5.41, 5.74) is 0.943. The van der Waals surface area contributed by atoms with Gasteiger partial charge in [0.25, 0.3) is 5.91 Å². The molecule has 1 aromatic rings. The number of benzene rings is 1. The van der Waals surface area contributed by atoms with Crippen molar-refractivity contribution in [3.8, 4) is 0 Å². The zero-order valence-corrected chi connectivity index (χ0v) is 12.4. The number of para-hydroxylation sites is 1. The van der Waals surface area contributed by atoms with Crippen molar-refractivity contribution < 1.29 is 4.79 Å². The molecule has 0 aliphatic carbocycles. The molecular formula is C13H19NOS2. The van der Waals surface area contributed by atoms with Gasteiger partial charge >= 0.3 is 0 Å². The fourth-order valence-electron chi connectivity index (χ4n) is 1.72. The molecule has 1 rings (SSSR count). The van der Waals surface area contributed by atoms with Gasteiger partial charge in [0.05, 0.1) is 0 Å². The van der Waals surface area contributed by atoms with Crippen LogP contribution in [0, 0.1) is 0 Å². The Hall–Kier alpha value is -0.610. The average Bonchev–Trinajstić information content (AvgIpc) is 2.41. The monoisotopic (exact) mass is 269 g/mol. The van der Waals surface area contributed by atoms with Crippen LogP contribution in [-0.4, -0.2) is 29.5 Å². The van der Waals surface area contributed by atoms with Crippen LogP contribution in [0.1, 0.15) is 13.3 Å². The molecule has 94 valence electrons. The fraction of sp³-hybridized carbons (Fsp3) is 0.462. The maximum absolute atomic E-state index is 12.5. The van der Waals surface area contributed by atoms with Gasteiger partial charge in [-0.1, -0.05) is 25.1 Å². The highest BCUT2D eigenvalue weighted by molar-refractivity contribution is 8.18. The molecule has 17 heavy (non-hydrogen) atoms. The van der Waals surface area contributed by atoms with E-state index in [-0.39, 0.29) is 9.99 Å². The molecule has 4 heteroatoms. The number of rotatable bonds is 5. The molecule has 1 aromatic carbocycles. The van der Waals surface area contributed by atoms with E-state index in [0.717, 1.165) is 12.1 Å². The molecule has 0 bridgehead atoms. The smallest absolute Gasteiger partial charge is 0.253 e. The summed E-state index contributed by atoms with van der Waals surface area (Å²) < 4.78 is -0.370. The van der Waals surface area contributed by atoms with E-state index in [9.17, 15) is 4.79 Å². The quantitative estimate of drug-likeness (QED) is 0.763. The Morgan fingerprint density at radius 3 is 2.18 bits per heavy atom. The molecule has 0 aromatic heterocycles. The van der Waals surface area contributed by atoms with Gasteiger partial charge in [0, 0.05) is 12.7 Å². The second-order valence-electron chi connectivity index (χ2n) is 3.71. The highest BCUT2D eigenvalue weighted by atomic mass is 32.2. The summed E-state index contributed by atoms with van der Waals surface area (Å²) in [6, 6.07) is 9.77. The minimum Gasteiger partial charge on any atom is -0.314 e. The number of carbonyl (C=O) groups is 1. The molecule has 0 heterocycles. The number of carbonyl (C=O) groups excluding carboxylic acids is 1. The maximum Gasteiger partial charge on any atom is 0.253 e. The van der Waals surface area contributed by atoms with Crippen LogP contribution in [0.15, 0.2) is 30.3 Å². The maximum atomic E-state index is 12.5. The van der Waals surface area contributed by atoms with Crippen molar-refractivity contribution >= 4 is 35.1 Å². The molecule has 0 aliphatic rings. The van der Waals surface area contributed by atoms with Crippen LogP contribution in [0.4, 0.5) is 5.69 Å². The molecule has 0 unspecified atom stereocenters. The molecule has 0 atom stereocenters. The average molecular weight is 269 g/mol. The number of hydrogen-bond acceptors (Lipinski definition) is 3. The van der Waals surface area contributed by atoms with Crippen molar-refractivity contribution in [2.24, 2.45) is 0 Å². The predicted molar refractivity (Wildman–Crippen MR) is 79.9 cm³/mol. The molecule has 0 fully saturated rings. The second-order valence-corrected chi connectivity index (χ2v) is 6.18. The minimum absolute atomic E-state index is 0.159. The van der Waals surface area contributed by atoms with Crippen LogP contribution >= 0.6 is 23.5 Å². The van der Waals surface area contributed by atoms with Gasteiger partial charge in [0.2, 0.25) is 0 Å². The molecular weight excluding hydrogens is 250 g/mol. The fourth-order valence-corrected chi connectivity index (χ4v) is 3.59. The van der Waals surface area contributed by atoms with E-state index in [4.69, 9.17) is 0 Å². The molecule has 0 radical (unpaired) electrons. The molecule has 0 spiro atoms. The Bertz CT molecular complexity index is 355. The van der Waals surface area contributed by atoms with E-state index in [1.807, 2.05) is 49.9 Å². The number of thioether (sulfide) groups is 2. The van der Waals surface area contributed by atoms with Gasteiger partial charge in [-0.2, -0.15) is 0 Å². The van der Waals surface area contributed by atoms with E-state index in [2.05, 4.69) is 6.92 Å². The summed E-state index contributed by atoms with van der Waals surface area (Å²) in [5.74, 6) is 0.159. The van der Waals surface area contributed by atoms with Gasteiger partial charge in [-0.15, -0.1) is 23.5 Å². The van der Waals surface area contributed by atoms with Gasteiger partial charge in [-0.3, -0.25) is 4.79 Å². The Morgan fingerprint density at radius 2 is 1.76 bits per heavy atom. The number of anilines is 1. The number of amides is 1. The zero-order valence-electron chi connectivity index (χ0n) is 10.8. The Morgan fingerprint density at radius 1 is 1.24 bits per heavy atom. The van der Waals surface area contributed by atoms with Crippen molar-refractivity contribution in [1.29, 1.82) is 0 Å².